The summed E-state index contributed by atoms with van der Waals surface area (Å²) in [6.07, 6.45) is 0.543. The van der Waals surface area contributed by atoms with Crippen molar-refractivity contribution in [2.75, 3.05) is 13.6 Å². The minimum Gasteiger partial charge on any atom is -0.481 e. The first kappa shape index (κ1) is 11.9. The summed E-state index contributed by atoms with van der Waals surface area (Å²) in [4.78, 5) is 22.8. The van der Waals surface area contributed by atoms with Gasteiger partial charge < -0.3 is 15.7 Å². The summed E-state index contributed by atoms with van der Waals surface area (Å²) in [7, 11) is 1.62. The van der Waals surface area contributed by atoms with E-state index in [1.807, 2.05) is 0 Å². The van der Waals surface area contributed by atoms with Crippen LogP contribution in [0.15, 0.2) is 0 Å². The second kappa shape index (κ2) is 5.53. The molecule has 0 heterocycles. The standard InChI is InChI=1S/C8H16N2O3/c1-6(9)8(13)10(2)5-3-4-7(11)12/h6H,3-5,9H2,1-2H3,(H,11,12)/t6-/m1/s1. The van der Waals surface area contributed by atoms with Crippen LogP contribution in [-0.4, -0.2) is 41.5 Å². The van der Waals surface area contributed by atoms with Crippen LogP contribution < -0.4 is 5.73 Å². The van der Waals surface area contributed by atoms with Gasteiger partial charge in [0, 0.05) is 20.0 Å². The molecule has 0 spiro atoms. The van der Waals surface area contributed by atoms with Crippen molar-refractivity contribution in [3.8, 4) is 0 Å². The largest absolute Gasteiger partial charge is 0.481 e. The van der Waals surface area contributed by atoms with Gasteiger partial charge in [-0.2, -0.15) is 0 Å². The molecule has 1 atom stereocenters. The molecule has 0 aromatic rings. The molecule has 0 aromatic carbocycles. The molecule has 0 aliphatic heterocycles. The van der Waals surface area contributed by atoms with Crippen LogP contribution in [0.25, 0.3) is 0 Å². The molecular formula is C8H16N2O3. The van der Waals surface area contributed by atoms with Gasteiger partial charge in [-0.25, -0.2) is 0 Å². The van der Waals surface area contributed by atoms with Crippen molar-refractivity contribution in [2.24, 2.45) is 5.73 Å². The molecule has 0 radical (unpaired) electrons. The number of hydrogen-bond acceptors (Lipinski definition) is 3. The van der Waals surface area contributed by atoms with E-state index >= 15 is 0 Å². The van der Waals surface area contributed by atoms with Crippen LogP contribution in [0.5, 0.6) is 0 Å². The predicted octanol–water partition coefficient (Wildman–Crippen LogP) is -0.343. The lowest BCUT2D eigenvalue weighted by atomic mass is 10.2. The van der Waals surface area contributed by atoms with Crippen molar-refractivity contribution in [2.45, 2.75) is 25.8 Å². The van der Waals surface area contributed by atoms with Crippen LogP contribution in [0.2, 0.25) is 0 Å². The lowest BCUT2D eigenvalue weighted by Crippen LogP contribution is -2.40. The van der Waals surface area contributed by atoms with Gasteiger partial charge in [0.2, 0.25) is 5.91 Å². The van der Waals surface area contributed by atoms with Gasteiger partial charge in [0.25, 0.3) is 0 Å². The van der Waals surface area contributed by atoms with Crippen LogP contribution in [-0.2, 0) is 9.59 Å². The summed E-state index contributed by atoms with van der Waals surface area (Å²) in [5, 5.41) is 8.35. The Hall–Kier alpha value is -1.10. The molecule has 5 heteroatoms. The van der Waals surface area contributed by atoms with Crippen molar-refractivity contribution >= 4 is 11.9 Å². The Balaban J connectivity index is 3.68. The van der Waals surface area contributed by atoms with Crippen molar-refractivity contribution < 1.29 is 14.7 Å². The zero-order valence-electron chi connectivity index (χ0n) is 7.99. The molecule has 1 amide bonds. The molecule has 3 N–H and O–H groups in total. The number of carboxylic acid groups (broad SMARTS) is 1. The number of hydrogen-bond donors (Lipinski definition) is 2. The highest BCUT2D eigenvalue weighted by atomic mass is 16.4. The SMILES string of the molecule is C[C@@H](N)C(=O)N(C)CCCC(=O)O. The Kier molecular flexibility index (Phi) is 5.06. The molecule has 0 fully saturated rings. The lowest BCUT2D eigenvalue weighted by Gasteiger charge is -2.18. The first-order valence-electron chi connectivity index (χ1n) is 4.17. The zero-order valence-corrected chi connectivity index (χ0v) is 7.99. The van der Waals surface area contributed by atoms with Crippen LogP contribution in [0.3, 0.4) is 0 Å². The van der Waals surface area contributed by atoms with E-state index in [-0.39, 0.29) is 12.3 Å². The minimum atomic E-state index is -0.846. The quantitative estimate of drug-likeness (QED) is 0.618. The molecule has 5 nitrogen and oxygen atoms in total. The monoisotopic (exact) mass is 188 g/mol. The van der Waals surface area contributed by atoms with E-state index in [1.54, 1.807) is 14.0 Å². The number of nitrogens with zero attached hydrogens (tertiary/aromatic N) is 1. The Morgan fingerprint density at radius 1 is 1.54 bits per heavy atom. The number of nitrogens with two attached hydrogens (primary N) is 1. The van der Waals surface area contributed by atoms with E-state index in [1.165, 1.54) is 4.90 Å². The van der Waals surface area contributed by atoms with Crippen molar-refractivity contribution in [3.63, 3.8) is 0 Å². The highest BCUT2D eigenvalue weighted by Gasteiger charge is 2.12. The maximum atomic E-state index is 11.2. The molecule has 0 aromatic heterocycles. The van der Waals surface area contributed by atoms with E-state index in [9.17, 15) is 9.59 Å². The minimum absolute atomic E-state index is 0.0799. The fraction of sp³-hybridized carbons (Fsp3) is 0.750. The third-order valence-electron chi connectivity index (χ3n) is 1.65. The summed E-state index contributed by atoms with van der Waals surface area (Å²) in [6.45, 7) is 2.04. The number of aliphatic carboxylic acids is 1. The van der Waals surface area contributed by atoms with E-state index in [0.717, 1.165) is 0 Å². The van der Waals surface area contributed by atoms with Crippen LogP contribution in [0.1, 0.15) is 19.8 Å². The van der Waals surface area contributed by atoms with Crippen molar-refractivity contribution in [3.05, 3.63) is 0 Å². The molecule has 0 saturated carbocycles. The van der Waals surface area contributed by atoms with Gasteiger partial charge in [-0.3, -0.25) is 9.59 Å². The van der Waals surface area contributed by atoms with Gasteiger partial charge in [-0.05, 0) is 13.3 Å². The zero-order chi connectivity index (χ0) is 10.4. The molecule has 0 unspecified atom stereocenters. The molecule has 0 bridgehead atoms. The van der Waals surface area contributed by atoms with Crippen LogP contribution in [0.4, 0.5) is 0 Å². The third-order valence-corrected chi connectivity index (χ3v) is 1.65. The molecular weight excluding hydrogens is 172 g/mol. The molecule has 0 rings (SSSR count). The summed E-state index contributed by atoms with van der Waals surface area (Å²) >= 11 is 0. The number of carboxylic acids is 1. The summed E-state index contributed by atoms with van der Waals surface area (Å²) in [5.41, 5.74) is 5.36. The Labute approximate surface area is 77.5 Å². The average molecular weight is 188 g/mol. The highest BCUT2D eigenvalue weighted by molar-refractivity contribution is 5.80. The maximum absolute atomic E-state index is 11.2. The molecule has 0 aliphatic carbocycles. The van der Waals surface area contributed by atoms with Crippen LogP contribution in [0, 0.1) is 0 Å². The second-order valence-corrected chi connectivity index (χ2v) is 3.05. The van der Waals surface area contributed by atoms with E-state index in [4.69, 9.17) is 10.8 Å². The number of rotatable bonds is 5. The van der Waals surface area contributed by atoms with Crippen molar-refractivity contribution in [1.29, 1.82) is 0 Å². The first-order chi connectivity index (χ1) is 5.95. The topological polar surface area (TPSA) is 83.6 Å². The number of amides is 1. The third kappa shape index (κ3) is 5.19. The fourth-order valence-corrected chi connectivity index (χ4v) is 0.925. The Morgan fingerprint density at radius 2 is 2.08 bits per heavy atom. The lowest BCUT2D eigenvalue weighted by molar-refractivity contribution is -0.138. The Bertz CT molecular complexity index is 192. The number of likely N-dealkylation sites (N-methyl/N-ethyl adjacent to an activating group) is 1. The first-order valence-corrected chi connectivity index (χ1v) is 4.17. The fourth-order valence-electron chi connectivity index (χ4n) is 0.925. The average Bonchev–Trinajstić information content (AvgIpc) is 2.02. The van der Waals surface area contributed by atoms with Gasteiger partial charge in [-0.1, -0.05) is 0 Å². The summed E-state index contributed by atoms with van der Waals surface area (Å²) < 4.78 is 0. The van der Waals surface area contributed by atoms with Gasteiger partial charge in [0.15, 0.2) is 0 Å². The number of carbonyl (C=O) groups excluding carboxylic acids is 1. The molecule has 13 heavy (non-hydrogen) atoms. The van der Waals surface area contributed by atoms with Gasteiger partial charge in [0.05, 0.1) is 6.04 Å². The smallest absolute Gasteiger partial charge is 0.303 e. The van der Waals surface area contributed by atoms with E-state index in [0.29, 0.717) is 13.0 Å². The van der Waals surface area contributed by atoms with Gasteiger partial charge in [0.1, 0.15) is 0 Å². The van der Waals surface area contributed by atoms with E-state index in [2.05, 4.69) is 0 Å². The number of carbonyl (C=O) groups is 2. The van der Waals surface area contributed by atoms with E-state index < -0.39 is 12.0 Å². The molecule has 76 valence electrons. The second-order valence-electron chi connectivity index (χ2n) is 3.05. The normalized spacial score (nSPS) is 12.2. The van der Waals surface area contributed by atoms with Crippen LogP contribution >= 0.6 is 0 Å². The summed E-state index contributed by atoms with van der Waals surface area (Å²) in [6, 6.07) is -0.519. The molecule has 0 aliphatic rings. The maximum Gasteiger partial charge on any atom is 0.303 e. The summed E-state index contributed by atoms with van der Waals surface area (Å²) in [5.74, 6) is -1.01. The van der Waals surface area contributed by atoms with Gasteiger partial charge >= 0.3 is 5.97 Å². The predicted molar refractivity (Wildman–Crippen MR) is 48.2 cm³/mol. The Morgan fingerprint density at radius 3 is 2.46 bits per heavy atom. The van der Waals surface area contributed by atoms with Gasteiger partial charge in [-0.15, -0.1) is 0 Å². The highest BCUT2D eigenvalue weighted by Crippen LogP contribution is 1.95. The van der Waals surface area contributed by atoms with Crippen molar-refractivity contribution in [1.82, 2.24) is 4.90 Å². The molecule has 0 saturated heterocycles.